The topological polar surface area (TPSA) is 72.2 Å². The largest absolute Gasteiger partial charge is 0.481 e. The summed E-state index contributed by atoms with van der Waals surface area (Å²) in [5.74, 6) is 0.397. The summed E-state index contributed by atoms with van der Waals surface area (Å²) in [5, 5.41) is 11.6. The van der Waals surface area contributed by atoms with E-state index in [4.69, 9.17) is 10.1 Å². The second-order valence-electron chi connectivity index (χ2n) is 7.69. The molecule has 0 unspecified atom stereocenters. The van der Waals surface area contributed by atoms with Gasteiger partial charge >= 0.3 is 5.97 Å². The third kappa shape index (κ3) is 4.02. The van der Waals surface area contributed by atoms with E-state index in [0.717, 1.165) is 16.0 Å². The normalized spacial score (nSPS) is 11.6. The van der Waals surface area contributed by atoms with Crippen LogP contribution in [-0.2, 0) is 11.3 Å². The van der Waals surface area contributed by atoms with Crippen molar-refractivity contribution in [1.82, 2.24) is 9.55 Å². The third-order valence-corrected chi connectivity index (χ3v) is 5.77. The van der Waals surface area contributed by atoms with Crippen LogP contribution < -0.4 is 5.56 Å². The van der Waals surface area contributed by atoms with Gasteiger partial charge in [-0.25, -0.2) is 4.98 Å². The van der Waals surface area contributed by atoms with Crippen molar-refractivity contribution in [3.05, 3.63) is 51.4 Å². The van der Waals surface area contributed by atoms with Gasteiger partial charge in [0.1, 0.15) is 10.7 Å². The summed E-state index contributed by atoms with van der Waals surface area (Å²) in [7, 11) is 0. The lowest BCUT2D eigenvalue weighted by molar-refractivity contribution is -0.137. The van der Waals surface area contributed by atoms with Crippen molar-refractivity contribution in [1.29, 1.82) is 0 Å². The highest BCUT2D eigenvalue weighted by atomic mass is 32.1. The van der Waals surface area contributed by atoms with Crippen LogP contribution in [0.15, 0.2) is 34.4 Å². The Morgan fingerprint density at radius 3 is 2.39 bits per heavy atom. The third-order valence-electron chi connectivity index (χ3n) is 4.90. The Bertz CT molecular complexity index is 1050. The minimum atomic E-state index is -0.852. The molecule has 5 nitrogen and oxygen atoms in total. The van der Waals surface area contributed by atoms with Crippen LogP contribution in [0.2, 0.25) is 0 Å². The highest BCUT2D eigenvalue weighted by Crippen LogP contribution is 2.32. The van der Waals surface area contributed by atoms with Crippen LogP contribution in [0.3, 0.4) is 0 Å². The van der Waals surface area contributed by atoms with Crippen molar-refractivity contribution in [2.75, 3.05) is 0 Å². The van der Waals surface area contributed by atoms with E-state index in [-0.39, 0.29) is 17.9 Å². The first kappa shape index (κ1) is 20.3. The number of benzene rings is 1. The average Bonchev–Trinajstić information content (AvgIpc) is 3.07. The van der Waals surface area contributed by atoms with E-state index >= 15 is 0 Å². The Morgan fingerprint density at radius 1 is 1.14 bits per heavy atom. The standard InChI is InChI=1S/C22H26N2O3S/c1-13(2)15-7-9-16(10-8-15)17-12-28-21-19(17)22(27)24(11-5-6-18(25)26)20(23-21)14(3)4/h7-10,12-14H,5-6,11H2,1-4H3,(H,25,26). The number of hydrogen-bond acceptors (Lipinski definition) is 4. The molecular weight excluding hydrogens is 372 g/mol. The molecular formula is C22H26N2O3S. The minimum absolute atomic E-state index is 0.0369. The Balaban J connectivity index is 2.11. The van der Waals surface area contributed by atoms with Crippen LogP contribution in [0.25, 0.3) is 21.3 Å². The van der Waals surface area contributed by atoms with E-state index in [1.807, 2.05) is 19.2 Å². The molecule has 0 aliphatic heterocycles. The fourth-order valence-corrected chi connectivity index (χ4v) is 4.29. The molecule has 2 heterocycles. The first-order chi connectivity index (χ1) is 13.3. The average molecular weight is 399 g/mol. The fraction of sp³-hybridized carbons (Fsp3) is 0.409. The van der Waals surface area contributed by atoms with Crippen LogP contribution in [-0.4, -0.2) is 20.6 Å². The monoisotopic (exact) mass is 398 g/mol. The number of aliphatic carboxylic acids is 1. The van der Waals surface area contributed by atoms with Crippen molar-refractivity contribution in [2.45, 2.75) is 58.9 Å². The molecule has 1 N–H and O–H groups in total. The lowest BCUT2D eigenvalue weighted by Gasteiger charge is -2.15. The van der Waals surface area contributed by atoms with Crippen LogP contribution in [0.5, 0.6) is 0 Å². The molecule has 3 aromatic rings. The van der Waals surface area contributed by atoms with Crippen LogP contribution in [0.1, 0.15) is 63.8 Å². The summed E-state index contributed by atoms with van der Waals surface area (Å²) in [6.07, 6.45) is 0.444. The van der Waals surface area contributed by atoms with Gasteiger partial charge in [-0.15, -0.1) is 11.3 Å². The van der Waals surface area contributed by atoms with Crippen LogP contribution >= 0.6 is 11.3 Å². The van der Waals surface area contributed by atoms with E-state index in [0.29, 0.717) is 30.1 Å². The van der Waals surface area contributed by atoms with E-state index < -0.39 is 5.97 Å². The number of carboxylic acids is 1. The van der Waals surface area contributed by atoms with Crippen molar-refractivity contribution >= 4 is 27.5 Å². The lowest BCUT2D eigenvalue weighted by atomic mass is 9.99. The summed E-state index contributed by atoms with van der Waals surface area (Å²) in [5.41, 5.74) is 3.08. The molecule has 1 aromatic carbocycles. The Morgan fingerprint density at radius 2 is 1.82 bits per heavy atom. The van der Waals surface area contributed by atoms with Gasteiger partial charge in [-0.05, 0) is 23.5 Å². The Hall–Kier alpha value is -2.47. The molecule has 0 fully saturated rings. The van der Waals surface area contributed by atoms with Gasteiger partial charge in [0.15, 0.2) is 0 Å². The van der Waals surface area contributed by atoms with Gasteiger partial charge < -0.3 is 5.11 Å². The number of carbonyl (C=O) groups is 1. The predicted octanol–water partition coefficient (Wildman–Crippen LogP) is 5.24. The molecule has 148 valence electrons. The van der Waals surface area contributed by atoms with Crippen molar-refractivity contribution in [2.24, 2.45) is 0 Å². The van der Waals surface area contributed by atoms with Gasteiger partial charge in [0, 0.05) is 29.8 Å². The zero-order valence-electron chi connectivity index (χ0n) is 16.7. The van der Waals surface area contributed by atoms with E-state index in [2.05, 4.69) is 38.1 Å². The first-order valence-electron chi connectivity index (χ1n) is 9.63. The van der Waals surface area contributed by atoms with Gasteiger partial charge in [0.2, 0.25) is 0 Å². The summed E-state index contributed by atoms with van der Waals surface area (Å²) >= 11 is 1.48. The summed E-state index contributed by atoms with van der Waals surface area (Å²) in [6.45, 7) is 8.67. The Labute approximate surface area is 168 Å². The molecule has 3 rings (SSSR count). The van der Waals surface area contributed by atoms with E-state index in [9.17, 15) is 9.59 Å². The van der Waals surface area contributed by atoms with Gasteiger partial charge in [-0.1, -0.05) is 52.0 Å². The number of hydrogen-bond donors (Lipinski definition) is 1. The van der Waals surface area contributed by atoms with Crippen LogP contribution in [0, 0.1) is 0 Å². The number of carboxylic acid groups (broad SMARTS) is 1. The summed E-state index contributed by atoms with van der Waals surface area (Å²) in [4.78, 5) is 29.7. The maximum absolute atomic E-state index is 13.3. The highest BCUT2D eigenvalue weighted by Gasteiger charge is 2.19. The lowest BCUT2D eigenvalue weighted by Crippen LogP contribution is -2.26. The van der Waals surface area contributed by atoms with Gasteiger partial charge in [-0.2, -0.15) is 0 Å². The number of nitrogens with zero attached hydrogens (tertiary/aromatic N) is 2. The molecule has 6 heteroatoms. The maximum atomic E-state index is 13.3. The summed E-state index contributed by atoms with van der Waals surface area (Å²) in [6, 6.07) is 8.32. The zero-order valence-corrected chi connectivity index (χ0v) is 17.5. The molecule has 28 heavy (non-hydrogen) atoms. The predicted molar refractivity (Wildman–Crippen MR) is 114 cm³/mol. The van der Waals surface area contributed by atoms with Gasteiger partial charge in [0.05, 0.1) is 5.39 Å². The molecule has 0 spiro atoms. The molecule has 0 bridgehead atoms. The van der Waals surface area contributed by atoms with Crippen molar-refractivity contribution in [3.8, 4) is 11.1 Å². The number of aromatic nitrogens is 2. The van der Waals surface area contributed by atoms with Crippen molar-refractivity contribution < 1.29 is 9.90 Å². The SMILES string of the molecule is CC(C)c1ccc(-c2csc3nc(C(C)C)n(CCCC(=O)O)c(=O)c23)cc1. The quantitative estimate of drug-likeness (QED) is 0.591. The molecule has 0 atom stereocenters. The Kier molecular flexibility index (Phi) is 5.98. The second kappa shape index (κ2) is 8.27. The minimum Gasteiger partial charge on any atom is -0.481 e. The van der Waals surface area contributed by atoms with Crippen molar-refractivity contribution in [3.63, 3.8) is 0 Å². The molecule has 0 amide bonds. The smallest absolute Gasteiger partial charge is 0.303 e. The maximum Gasteiger partial charge on any atom is 0.303 e. The van der Waals surface area contributed by atoms with Gasteiger partial charge in [-0.3, -0.25) is 14.2 Å². The first-order valence-corrected chi connectivity index (χ1v) is 10.5. The molecule has 0 aliphatic rings. The van der Waals surface area contributed by atoms with Gasteiger partial charge in [0.25, 0.3) is 5.56 Å². The molecule has 2 aromatic heterocycles. The molecule has 0 saturated heterocycles. The molecule has 0 aliphatic carbocycles. The molecule has 0 radical (unpaired) electrons. The van der Waals surface area contributed by atoms with E-state index in [1.54, 1.807) is 4.57 Å². The number of rotatable bonds is 7. The number of fused-ring (bicyclic) bond motifs is 1. The van der Waals surface area contributed by atoms with Crippen LogP contribution in [0.4, 0.5) is 0 Å². The highest BCUT2D eigenvalue weighted by molar-refractivity contribution is 7.17. The zero-order chi connectivity index (χ0) is 20.4. The molecule has 0 saturated carbocycles. The second-order valence-corrected chi connectivity index (χ2v) is 8.54. The number of thiophene rings is 1. The van der Waals surface area contributed by atoms with E-state index in [1.165, 1.54) is 16.9 Å². The summed E-state index contributed by atoms with van der Waals surface area (Å²) < 4.78 is 1.66. The fourth-order valence-electron chi connectivity index (χ4n) is 3.35.